The highest BCUT2D eigenvalue weighted by atomic mass is 15.3. The molecule has 2 heterocycles. The Labute approximate surface area is 113 Å². The first kappa shape index (κ1) is 13.7. The van der Waals surface area contributed by atoms with Crippen LogP contribution in [0.1, 0.15) is 27.2 Å². The third kappa shape index (κ3) is 3.41. The molecule has 0 aliphatic rings. The van der Waals surface area contributed by atoms with E-state index in [2.05, 4.69) is 41.2 Å². The molecular formula is C13H22N6. The van der Waals surface area contributed by atoms with Crippen LogP contribution in [-0.2, 0) is 7.05 Å². The normalized spacial score (nSPS) is 13.7. The minimum absolute atomic E-state index is 0.0988. The number of aryl methyl sites for hydroxylation is 1. The van der Waals surface area contributed by atoms with E-state index in [9.17, 15) is 0 Å². The lowest BCUT2D eigenvalue weighted by atomic mass is 9.88. The van der Waals surface area contributed by atoms with E-state index in [4.69, 9.17) is 5.73 Å². The summed E-state index contributed by atoms with van der Waals surface area (Å²) in [5.74, 6) is 0.794. The molecule has 104 valence electrons. The van der Waals surface area contributed by atoms with Crippen molar-refractivity contribution in [3.63, 3.8) is 0 Å². The monoisotopic (exact) mass is 262 g/mol. The molecule has 0 aliphatic heterocycles. The minimum atomic E-state index is 0.0988. The van der Waals surface area contributed by atoms with Gasteiger partial charge in [-0.25, -0.2) is 9.97 Å². The van der Waals surface area contributed by atoms with Crippen LogP contribution in [0.3, 0.4) is 0 Å². The molecule has 0 bridgehead atoms. The summed E-state index contributed by atoms with van der Waals surface area (Å²) in [7, 11) is 1.87. The summed E-state index contributed by atoms with van der Waals surface area (Å²) in [5, 5.41) is 8.40. The number of nitrogens with two attached hydrogens (primary N) is 1. The Kier molecular flexibility index (Phi) is 3.71. The van der Waals surface area contributed by atoms with Gasteiger partial charge in [-0.1, -0.05) is 20.8 Å². The molecule has 6 nitrogen and oxygen atoms in total. The van der Waals surface area contributed by atoms with Crippen LogP contribution in [0.5, 0.6) is 0 Å². The zero-order chi connectivity index (χ0) is 14.0. The van der Waals surface area contributed by atoms with Crippen LogP contribution in [0.4, 0.5) is 5.82 Å². The Bertz CT molecular complexity index is 554. The number of hydrogen-bond donors (Lipinski definition) is 2. The molecule has 0 fully saturated rings. The summed E-state index contributed by atoms with van der Waals surface area (Å²) in [4.78, 5) is 8.46. The Morgan fingerprint density at radius 3 is 2.79 bits per heavy atom. The average Bonchev–Trinajstić information content (AvgIpc) is 2.67. The molecule has 1 atom stereocenters. The molecule has 0 aromatic carbocycles. The second kappa shape index (κ2) is 5.13. The number of nitrogens with one attached hydrogen (secondary N) is 1. The average molecular weight is 262 g/mol. The van der Waals surface area contributed by atoms with Gasteiger partial charge in [0.1, 0.15) is 12.1 Å². The fourth-order valence-corrected chi connectivity index (χ4v) is 2.19. The molecule has 3 N–H and O–H groups in total. The van der Waals surface area contributed by atoms with Crippen molar-refractivity contribution < 1.29 is 0 Å². The van der Waals surface area contributed by atoms with Gasteiger partial charge in [0.15, 0.2) is 5.65 Å². The lowest BCUT2D eigenvalue weighted by Crippen LogP contribution is -2.33. The van der Waals surface area contributed by atoms with Gasteiger partial charge in [0.2, 0.25) is 0 Å². The van der Waals surface area contributed by atoms with E-state index in [1.54, 1.807) is 17.2 Å². The van der Waals surface area contributed by atoms with Crippen LogP contribution in [0, 0.1) is 5.41 Å². The topological polar surface area (TPSA) is 81.7 Å². The molecule has 2 aromatic heterocycles. The van der Waals surface area contributed by atoms with Gasteiger partial charge in [0.25, 0.3) is 0 Å². The first-order valence-corrected chi connectivity index (χ1v) is 6.49. The fraction of sp³-hybridized carbons (Fsp3) is 0.615. The summed E-state index contributed by atoms with van der Waals surface area (Å²) in [6, 6.07) is 0.0988. The van der Waals surface area contributed by atoms with Crippen LogP contribution < -0.4 is 11.1 Å². The van der Waals surface area contributed by atoms with E-state index in [0.717, 1.165) is 23.3 Å². The van der Waals surface area contributed by atoms with Crippen molar-refractivity contribution in [2.45, 2.75) is 33.2 Å². The highest BCUT2D eigenvalue weighted by Gasteiger charge is 2.16. The second-order valence-corrected chi connectivity index (χ2v) is 6.13. The maximum atomic E-state index is 6.13. The van der Waals surface area contributed by atoms with E-state index >= 15 is 0 Å². The van der Waals surface area contributed by atoms with Gasteiger partial charge in [-0.15, -0.1) is 0 Å². The molecular weight excluding hydrogens is 240 g/mol. The number of rotatable bonds is 4. The summed E-state index contributed by atoms with van der Waals surface area (Å²) >= 11 is 0. The molecule has 0 amide bonds. The smallest absolute Gasteiger partial charge is 0.163 e. The Hall–Kier alpha value is -1.69. The molecule has 0 saturated heterocycles. The third-order valence-electron chi connectivity index (χ3n) is 2.94. The van der Waals surface area contributed by atoms with Crippen LogP contribution in [-0.4, -0.2) is 32.3 Å². The lowest BCUT2D eigenvalue weighted by molar-refractivity contribution is 0.344. The van der Waals surface area contributed by atoms with Gasteiger partial charge in [0.05, 0.1) is 11.6 Å². The maximum absolute atomic E-state index is 6.13. The molecule has 2 aromatic rings. The fourth-order valence-electron chi connectivity index (χ4n) is 2.19. The Balaban J connectivity index is 2.06. The van der Waals surface area contributed by atoms with Gasteiger partial charge < -0.3 is 11.1 Å². The van der Waals surface area contributed by atoms with E-state index in [1.165, 1.54) is 0 Å². The van der Waals surface area contributed by atoms with Crippen molar-refractivity contribution in [3.8, 4) is 0 Å². The summed E-state index contributed by atoms with van der Waals surface area (Å²) in [6.07, 6.45) is 4.27. The number of anilines is 1. The van der Waals surface area contributed by atoms with Gasteiger partial charge >= 0.3 is 0 Å². The van der Waals surface area contributed by atoms with Crippen LogP contribution in [0.2, 0.25) is 0 Å². The number of hydrogen-bond acceptors (Lipinski definition) is 5. The summed E-state index contributed by atoms with van der Waals surface area (Å²) in [6.45, 7) is 7.27. The van der Waals surface area contributed by atoms with Crippen LogP contribution >= 0.6 is 0 Å². The molecule has 19 heavy (non-hydrogen) atoms. The van der Waals surface area contributed by atoms with Crippen LogP contribution in [0.15, 0.2) is 12.5 Å². The zero-order valence-corrected chi connectivity index (χ0v) is 12.0. The van der Waals surface area contributed by atoms with Crippen molar-refractivity contribution in [2.24, 2.45) is 18.2 Å². The number of nitrogens with zero attached hydrogens (tertiary/aromatic N) is 4. The first-order chi connectivity index (χ1) is 8.87. The van der Waals surface area contributed by atoms with Crippen molar-refractivity contribution in [1.29, 1.82) is 0 Å². The highest BCUT2D eigenvalue weighted by Crippen LogP contribution is 2.21. The zero-order valence-electron chi connectivity index (χ0n) is 12.0. The van der Waals surface area contributed by atoms with Gasteiger partial charge in [0, 0.05) is 19.6 Å². The molecule has 1 unspecified atom stereocenters. The standard InChI is InChI=1S/C13H22N6/c1-13(2,3)5-9(14)6-15-11-10-7-18-19(4)12(10)17-8-16-11/h7-9H,5-6,14H2,1-4H3,(H,15,16,17). The highest BCUT2D eigenvalue weighted by molar-refractivity contribution is 5.85. The predicted molar refractivity (Wildman–Crippen MR) is 76.8 cm³/mol. The first-order valence-electron chi connectivity index (χ1n) is 6.49. The van der Waals surface area contributed by atoms with Crippen molar-refractivity contribution in [1.82, 2.24) is 19.7 Å². The van der Waals surface area contributed by atoms with E-state index in [1.807, 2.05) is 7.05 Å². The number of aromatic nitrogens is 4. The van der Waals surface area contributed by atoms with Crippen molar-refractivity contribution in [2.75, 3.05) is 11.9 Å². The molecule has 0 spiro atoms. The number of fused-ring (bicyclic) bond motifs is 1. The summed E-state index contributed by atoms with van der Waals surface area (Å²) < 4.78 is 1.73. The van der Waals surface area contributed by atoms with Gasteiger partial charge in [-0.3, -0.25) is 4.68 Å². The Morgan fingerprint density at radius 2 is 2.11 bits per heavy atom. The molecule has 0 saturated carbocycles. The molecule has 0 aliphatic carbocycles. The largest absolute Gasteiger partial charge is 0.368 e. The van der Waals surface area contributed by atoms with E-state index in [0.29, 0.717) is 6.54 Å². The lowest BCUT2D eigenvalue weighted by Gasteiger charge is -2.23. The van der Waals surface area contributed by atoms with Crippen molar-refractivity contribution in [3.05, 3.63) is 12.5 Å². The van der Waals surface area contributed by atoms with Gasteiger partial charge in [-0.05, 0) is 11.8 Å². The second-order valence-electron chi connectivity index (χ2n) is 6.13. The minimum Gasteiger partial charge on any atom is -0.368 e. The Morgan fingerprint density at radius 1 is 1.37 bits per heavy atom. The van der Waals surface area contributed by atoms with Gasteiger partial charge in [-0.2, -0.15) is 5.10 Å². The van der Waals surface area contributed by atoms with Crippen molar-refractivity contribution >= 4 is 16.9 Å². The quantitative estimate of drug-likeness (QED) is 0.873. The molecule has 0 radical (unpaired) electrons. The predicted octanol–water partition coefficient (Wildman–Crippen LogP) is 1.54. The SMILES string of the molecule is Cn1ncc2c(NCC(N)CC(C)(C)C)ncnc21. The maximum Gasteiger partial charge on any atom is 0.163 e. The third-order valence-corrected chi connectivity index (χ3v) is 2.94. The van der Waals surface area contributed by atoms with Crippen LogP contribution in [0.25, 0.3) is 11.0 Å². The molecule has 2 rings (SSSR count). The summed E-state index contributed by atoms with van der Waals surface area (Å²) in [5.41, 5.74) is 7.18. The van der Waals surface area contributed by atoms with E-state index < -0.39 is 0 Å². The van der Waals surface area contributed by atoms with E-state index in [-0.39, 0.29) is 11.5 Å². The molecule has 6 heteroatoms.